The smallest absolute Gasteiger partial charge is 0.0469 e. The van der Waals surface area contributed by atoms with Crippen LogP contribution in [0.3, 0.4) is 0 Å². The van der Waals surface area contributed by atoms with Crippen LogP contribution in [0.2, 0.25) is 0 Å². The normalized spacial score (nSPS) is 18.6. The summed E-state index contributed by atoms with van der Waals surface area (Å²) >= 11 is 0. The largest absolute Gasteiger partial charge is 0.330 e. The van der Waals surface area contributed by atoms with Crippen molar-refractivity contribution in [3.63, 3.8) is 0 Å². The molecule has 1 aliphatic rings. The highest BCUT2D eigenvalue weighted by molar-refractivity contribution is 5.25. The van der Waals surface area contributed by atoms with Crippen LogP contribution in [-0.2, 0) is 5.41 Å². The molecule has 0 spiro atoms. The van der Waals surface area contributed by atoms with E-state index in [0.717, 1.165) is 18.7 Å². The summed E-state index contributed by atoms with van der Waals surface area (Å²) in [6, 6.07) is 6.27. The number of aromatic nitrogens is 1. The molecule has 2 N–H and O–H groups in total. The fourth-order valence-corrected chi connectivity index (χ4v) is 1.90. The second-order valence-electron chi connectivity index (χ2n) is 3.98. The molecule has 0 aromatic carbocycles. The fourth-order valence-electron chi connectivity index (χ4n) is 1.90. The third kappa shape index (κ3) is 1.59. The quantitative estimate of drug-likeness (QED) is 0.762. The summed E-state index contributed by atoms with van der Waals surface area (Å²) in [5, 5.41) is 0. The average Bonchev–Trinajstić information content (AvgIpc) is 2.86. The van der Waals surface area contributed by atoms with Gasteiger partial charge in [-0.1, -0.05) is 6.07 Å². The van der Waals surface area contributed by atoms with Gasteiger partial charge in [0, 0.05) is 16.8 Å². The zero-order valence-electron chi connectivity index (χ0n) is 8.09. The second-order valence-corrected chi connectivity index (χ2v) is 3.98. The summed E-state index contributed by atoms with van der Waals surface area (Å²) in [6.07, 6.45) is 3.62. The third-order valence-corrected chi connectivity index (χ3v) is 2.91. The van der Waals surface area contributed by atoms with Crippen LogP contribution in [0.4, 0.5) is 0 Å². The van der Waals surface area contributed by atoms with Crippen LogP contribution in [0, 0.1) is 6.92 Å². The molecule has 2 rings (SSSR count). The molecule has 1 aliphatic carbocycles. The Hall–Kier alpha value is -0.890. The minimum atomic E-state index is 0.348. The summed E-state index contributed by atoms with van der Waals surface area (Å²) in [5.74, 6) is 0. The standard InChI is InChI=1S/C11H16N2/c1-9-3-2-4-10(13-9)11(5-6-11)7-8-12/h2-4H,5-8,12H2,1H3. The number of aryl methyl sites for hydroxylation is 1. The fraction of sp³-hybridized carbons (Fsp3) is 0.545. The van der Waals surface area contributed by atoms with E-state index in [1.807, 2.05) is 13.0 Å². The summed E-state index contributed by atoms with van der Waals surface area (Å²) in [6.45, 7) is 2.82. The van der Waals surface area contributed by atoms with E-state index < -0.39 is 0 Å². The van der Waals surface area contributed by atoms with Gasteiger partial charge in [-0.15, -0.1) is 0 Å². The van der Waals surface area contributed by atoms with Crippen LogP contribution < -0.4 is 5.73 Å². The maximum Gasteiger partial charge on any atom is 0.0469 e. The average molecular weight is 176 g/mol. The van der Waals surface area contributed by atoms with Gasteiger partial charge in [-0.25, -0.2) is 0 Å². The number of rotatable bonds is 3. The Balaban J connectivity index is 2.25. The van der Waals surface area contributed by atoms with Crippen LogP contribution in [-0.4, -0.2) is 11.5 Å². The number of pyridine rings is 1. The molecule has 0 atom stereocenters. The lowest BCUT2D eigenvalue weighted by Crippen LogP contribution is -2.15. The monoisotopic (exact) mass is 176 g/mol. The van der Waals surface area contributed by atoms with Gasteiger partial charge in [0.2, 0.25) is 0 Å². The van der Waals surface area contributed by atoms with Gasteiger partial charge in [0.05, 0.1) is 0 Å². The number of hydrogen-bond acceptors (Lipinski definition) is 2. The molecular formula is C11H16N2. The topological polar surface area (TPSA) is 38.9 Å². The molecule has 2 heteroatoms. The first-order valence-electron chi connectivity index (χ1n) is 4.91. The lowest BCUT2D eigenvalue weighted by molar-refractivity contribution is 0.608. The zero-order chi connectivity index (χ0) is 9.31. The van der Waals surface area contributed by atoms with Crippen molar-refractivity contribution < 1.29 is 0 Å². The summed E-state index contributed by atoms with van der Waals surface area (Å²) in [7, 11) is 0. The highest BCUT2D eigenvalue weighted by atomic mass is 14.8. The molecule has 70 valence electrons. The highest BCUT2D eigenvalue weighted by Gasteiger charge is 2.44. The van der Waals surface area contributed by atoms with Gasteiger partial charge in [0.25, 0.3) is 0 Å². The van der Waals surface area contributed by atoms with E-state index in [9.17, 15) is 0 Å². The molecule has 1 fully saturated rings. The SMILES string of the molecule is Cc1cccc(C2(CCN)CC2)n1. The van der Waals surface area contributed by atoms with E-state index in [-0.39, 0.29) is 0 Å². The molecule has 1 heterocycles. The third-order valence-electron chi connectivity index (χ3n) is 2.91. The van der Waals surface area contributed by atoms with Crippen LogP contribution in [0.1, 0.15) is 30.7 Å². The van der Waals surface area contributed by atoms with E-state index in [4.69, 9.17) is 5.73 Å². The van der Waals surface area contributed by atoms with Crippen molar-refractivity contribution >= 4 is 0 Å². The molecule has 0 radical (unpaired) electrons. The van der Waals surface area contributed by atoms with Crippen molar-refractivity contribution in [3.8, 4) is 0 Å². The van der Waals surface area contributed by atoms with Gasteiger partial charge in [-0.3, -0.25) is 4.98 Å². The van der Waals surface area contributed by atoms with Crippen molar-refractivity contribution in [2.75, 3.05) is 6.54 Å². The Morgan fingerprint density at radius 3 is 2.77 bits per heavy atom. The lowest BCUT2D eigenvalue weighted by atomic mass is 9.97. The first-order chi connectivity index (χ1) is 6.27. The van der Waals surface area contributed by atoms with E-state index in [1.54, 1.807) is 0 Å². The summed E-state index contributed by atoms with van der Waals surface area (Å²) in [5.41, 5.74) is 8.31. The van der Waals surface area contributed by atoms with Crippen molar-refractivity contribution in [2.24, 2.45) is 5.73 Å². The molecule has 13 heavy (non-hydrogen) atoms. The van der Waals surface area contributed by atoms with Gasteiger partial charge in [-0.05, 0) is 44.9 Å². The van der Waals surface area contributed by atoms with Gasteiger partial charge >= 0.3 is 0 Å². The molecule has 0 unspecified atom stereocenters. The van der Waals surface area contributed by atoms with Gasteiger partial charge in [0.15, 0.2) is 0 Å². The van der Waals surface area contributed by atoms with Crippen molar-refractivity contribution in [3.05, 3.63) is 29.6 Å². The lowest BCUT2D eigenvalue weighted by Gasteiger charge is -2.13. The Morgan fingerprint density at radius 2 is 2.23 bits per heavy atom. The molecule has 0 bridgehead atoms. The van der Waals surface area contributed by atoms with E-state index in [1.165, 1.54) is 18.5 Å². The van der Waals surface area contributed by atoms with E-state index >= 15 is 0 Å². The van der Waals surface area contributed by atoms with Crippen LogP contribution in [0.5, 0.6) is 0 Å². The maximum absolute atomic E-state index is 5.60. The van der Waals surface area contributed by atoms with E-state index in [0.29, 0.717) is 5.41 Å². The predicted molar refractivity (Wildman–Crippen MR) is 53.6 cm³/mol. The first kappa shape index (κ1) is 8.70. The zero-order valence-corrected chi connectivity index (χ0v) is 8.09. The van der Waals surface area contributed by atoms with Crippen molar-refractivity contribution in [1.29, 1.82) is 0 Å². The van der Waals surface area contributed by atoms with Crippen LogP contribution in [0.15, 0.2) is 18.2 Å². The van der Waals surface area contributed by atoms with Crippen LogP contribution in [0.25, 0.3) is 0 Å². The minimum Gasteiger partial charge on any atom is -0.330 e. The molecule has 0 amide bonds. The van der Waals surface area contributed by atoms with Gasteiger partial charge in [-0.2, -0.15) is 0 Å². The Bertz CT molecular complexity index is 303. The Labute approximate surface area is 79.2 Å². The first-order valence-corrected chi connectivity index (χ1v) is 4.91. The molecule has 2 nitrogen and oxygen atoms in total. The van der Waals surface area contributed by atoms with Crippen LogP contribution >= 0.6 is 0 Å². The molecule has 1 saturated carbocycles. The molecule has 0 saturated heterocycles. The number of nitrogens with zero attached hydrogens (tertiary/aromatic N) is 1. The molecular weight excluding hydrogens is 160 g/mol. The van der Waals surface area contributed by atoms with E-state index in [2.05, 4.69) is 17.1 Å². The maximum atomic E-state index is 5.60. The Morgan fingerprint density at radius 1 is 1.46 bits per heavy atom. The van der Waals surface area contributed by atoms with Gasteiger partial charge in [0.1, 0.15) is 0 Å². The second kappa shape index (κ2) is 3.11. The number of nitrogens with two attached hydrogens (primary N) is 1. The van der Waals surface area contributed by atoms with Crippen molar-refractivity contribution in [2.45, 2.75) is 31.6 Å². The summed E-state index contributed by atoms with van der Waals surface area (Å²) in [4.78, 5) is 4.57. The molecule has 1 aromatic rings. The van der Waals surface area contributed by atoms with Crippen molar-refractivity contribution in [1.82, 2.24) is 4.98 Å². The summed E-state index contributed by atoms with van der Waals surface area (Å²) < 4.78 is 0. The minimum absolute atomic E-state index is 0.348. The molecule has 0 aliphatic heterocycles. The molecule has 1 aromatic heterocycles. The highest BCUT2D eigenvalue weighted by Crippen LogP contribution is 2.49. The number of hydrogen-bond donors (Lipinski definition) is 1. The van der Waals surface area contributed by atoms with Gasteiger partial charge < -0.3 is 5.73 Å². The predicted octanol–water partition coefficient (Wildman–Crippen LogP) is 1.77. The Kier molecular flexibility index (Phi) is 2.08.